The third-order valence-corrected chi connectivity index (χ3v) is 4.36. The van der Waals surface area contributed by atoms with Gasteiger partial charge in [-0.25, -0.2) is 4.79 Å². The Morgan fingerprint density at radius 2 is 1.45 bits per heavy atom. The molecule has 0 radical (unpaired) electrons. The predicted molar refractivity (Wildman–Crippen MR) is 111 cm³/mol. The molecular formula is C24H23NO4. The first-order chi connectivity index (χ1) is 14.1. The zero-order valence-electron chi connectivity index (χ0n) is 16.2. The minimum Gasteiger partial charge on any atom is -0.481 e. The molecule has 3 rings (SSSR count). The number of hydrogen-bond acceptors (Lipinski definition) is 4. The van der Waals surface area contributed by atoms with Gasteiger partial charge in [-0.15, -0.1) is 0 Å². The molecule has 5 nitrogen and oxygen atoms in total. The summed E-state index contributed by atoms with van der Waals surface area (Å²) in [5.41, 5.74) is 2.86. The predicted octanol–water partition coefficient (Wildman–Crippen LogP) is 4.15. The van der Waals surface area contributed by atoms with E-state index in [0.717, 1.165) is 16.7 Å². The molecule has 1 atom stereocenters. The average molecular weight is 389 g/mol. The van der Waals surface area contributed by atoms with Crippen molar-refractivity contribution >= 4 is 11.9 Å². The highest BCUT2D eigenvalue weighted by molar-refractivity contribution is 5.81. The summed E-state index contributed by atoms with van der Waals surface area (Å²) in [6, 6.07) is 26.6. The molecule has 0 saturated carbocycles. The molecule has 0 heterocycles. The van der Waals surface area contributed by atoms with E-state index in [-0.39, 0.29) is 25.2 Å². The van der Waals surface area contributed by atoms with E-state index >= 15 is 0 Å². The summed E-state index contributed by atoms with van der Waals surface area (Å²) in [5.74, 6) is -0.382. The van der Waals surface area contributed by atoms with Crippen LogP contribution in [0.2, 0.25) is 0 Å². The molecule has 3 aromatic rings. The lowest BCUT2D eigenvalue weighted by atomic mass is 10.1. The Bertz CT molecular complexity index is 941. The third-order valence-electron chi connectivity index (χ3n) is 4.36. The van der Waals surface area contributed by atoms with Crippen LogP contribution in [0.25, 0.3) is 11.1 Å². The monoisotopic (exact) mass is 389 g/mol. The first-order valence-electron chi connectivity index (χ1n) is 9.40. The zero-order chi connectivity index (χ0) is 20.5. The first-order valence-corrected chi connectivity index (χ1v) is 9.40. The van der Waals surface area contributed by atoms with Gasteiger partial charge in [-0.2, -0.15) is 0 Å². The van der Waals surface area contributed by atoms with Crippen LogP contribution in [0.15, 0.2) is 84.9 Å². The molecule has 0 spiro atoms. The van der Waals surface area contributed by atoms with Crippen molar-refractivity contribution in [1.29, 1.82) is 0 Å². The lowest BCUT2D eigenvalue weighted by molar-refractivity contribution is -0.150. The summed E-state index contributed by atoms with van der Waals surface area (Å²) in [4.78, 5) is 24.0. The van der Waals surface area contributed by atoms with Crippen molar-refractivity contribution in [3.8, 4) is 16.9 Å². The molecule has 1 N–H and O–H groups in total. The Kier molecular flexibility index (Phi) is 7.00. The molecule has 3 aromatic carbocycles. The molecule has 0 aliphatic heterocycles. The van der Waals surface area contributed by atoms with Crippen LogP contribution in [0.4, 0.5) is 0 Å². The molecule has 0 unspecified atom stereocenters. The second kappa shape index (κ2) is 10.1. The van der Waals surface area contributed by atoms with Gasteiger partial charge in [0.2, 0.25) is 0 Å². The van der Waals surface area contributed by atoms with Gasteiger partial charge in [-0.1, -0.05) is 78.9 Å². The van der Waals surface area contributed by atoms with Gasteiger partial charge < -0.3 is 14.8 Å². The highest BCUT2D eigenvalue weighted by Gasteiger charge is 2.13. The fourth-order valence-electron chi connectivity index (χ4n) is 2.88. The van der Waals surface area contributed by atoms with Gasteiger partial charge in [-0.05, 0) is 24.1 Å². The second-order valence-electron chi connectivity index (χ2n) is 6.51. The molecular weight excluding hydrogens is 366 g/mol. The lowest BCUT2D eigenvalue weighted by Gasteiger charge is -2.14. The minimum absolute atomic E-state index is 0.170. The number of carbonyl (C=O) groups excluding carboxylic acids is 2. The van der Waals surface area contributed by atoms with Gasteiger partial charge in [0.1, 0.15) is 5.75 Å². The zero-order valence-corrected chi connectivity index (χ0v) is 16.2. The van der Waals surface area contributed by atoms with Crippen LogP contribution in [0.1, 0.15) is 18.5 Å². The van der Waals surface area contributed by atoms with Crippen molar-refractivity contribution in [1.82, 2.24) is 5.32 Å². The number of amides is 1. The van der Waals surface area contributed by atoms with Crippen LogP contribution in [-0.4, -0.2) is 25.1 Å². The molecule has 0 aromatic heterocycles. The Balaban J connectivity index is 1.48. The first kappa shape index (κ1) is 20.1. The van der Waals surface area contributed by atoms with Crippen LogP contribution in [-0.2, 0) is 14.3 Å². The highest BCUT2D eigenvalue weighted by Crippen LogP contribution is 2.29. The van der Waals surface area contributed by atoms with Gasteiger partial charge in [0.15, 0.2) is 13.2 Å². The smallest absolute Gasteiger partial charge is 0.344 e. The van der Waals surface area contributed by atoms with Gasteiger partial charge in [-0.3, -0.25) is 4.79 Å². The van der Waals surface area contributed by atoms with Crippen LogP contribution in [0.3, 0.4) is 0 Å². The van der Waals surface area contributed by atoms with Gasteiger partial charge >= 0.3 is 5.97 Å². The number of benzene rings is 3. The van der Waals surface area contributed by atoms with Gasteiger partial charge in [0, 0.05) is 5.56 Å². The third kappa shape index (κ3) is 5.94. The maximum atomic E-state index is 12.0. The Labute approximate surface area is 170 Å². The van der Waals surface area contributed by atoms with Crippen molar-refractivity contribution in [3.63, 3.8) is 0 Å². The van der Waals surface area contributed by atoms with E-state index in [9.17, 15) is 9.59 Å². The summed E-state index contributed by atoms with van der Waals surface area (Å²) in [5, 5.41) is 2.80. The topological polar surface area (TPSA) is 64.6 Å². The van der Waals surface area contributed by atoms with E-state index in [1.165, 1.54) is 0 Å². The Morgan fingerprint density at radius 3 is 2.17 bits per heavy atom. The number of para-hydroxylation sites is 1. The molecule has 29 heavy (non-hydrogen) atoms. The maximum Gasteiger partial charge on any atom is 0.344 e. The number of nitrogens with one attached hydrogen (secondary N) is 1. The SMILES string of the molecule is C[C@@H](NC(=O)COC(=O)COc1ccccc1-c1ccccc1)c1ccccc1. The number of ether oxygens (including phenoxy) is 2. The summed E-state index contributed by atoms with van der Waals surface area (Å²) >= 11 is 0. The number of carbonyl (C=O) groups is 2. The van der Waals surface area contributed by atoms with E-state index in [1.54, 1.807) is 6.07 Å². The van der Waals surface area contributed by atoms with E-state index in [2.05, 4.69) is 5.32 Å². The quantitative estimate of drug-likeness (QED) is 0.588. The van der Waals surface area contributed by atoms with Crippen molar-refractivity contribution in [2.75, 3.05) is 13.2 Å². The molecule has 0 aliphatic carbocycles. The molecule has 0 bridgehead atoms. The van der Waals surface area contributed by atoms with Gasteiger partial charge in [0.25, 0.3) is 5.91 Å². The second-order valence-corrected chi connectivity index (χ2v) is 6.51. The fraction of sp³-hybridized carbons (Fsp3) is 0.167. The standard InChI is InChI=1S/C24H23NO4/c1-18(19-10-4-2-5-11-19)25-23(26)16-29-24(27)17-28-22-15-9-8-14-21(22)20-12-6-3-7-13-20/h2-15,18H,16-17H2,1H3,(H,25,26)/t18-/m1/s1. The number of rotatable bonds is 8. The van der Waals surface area contributed by atoms with Crippen molar-refractivity contribution < 1.29 is 19.1 Å². The molecule has 0 aliphatic rings. The molecule has 0 fully saturated rings. The van der Waals surface area contributed by atoms with E-state index in [1.807, 2.05) is 85.8 Å². The molecule has 148 valence electrons. The van der Waals surface area contributed by atoms with Gasteiger partial charge in [0.05, 0.1) is 6.04 Å². The number of esters is 1. The summed E-state index contributed by atoms with van der Waals surface area (Å²) < 4.78 is 10.7. The van der Waals surface area contributed by atoms with Crippen molar-refractivity contribution in [3.05, 3.63) is 90.5 Å². The summed E-state index contributed by atoms with van der Waals surface area (Å²) in [6.45, 7) is 1.25. The maximum absolute atomic E-state index is 12.0. The van der Waals surface area contributed by atoms with Crippen LogP contribution in [0.5, 0.6) is 5.75 Å². The summed E-state index contributed by atoms with van der Waals surface area (Å²) in [6.07, 6.45) is 0. The molecule has 5 heteroatoms. The lowest BCUT2D eigenvalue weighted by Crippen LogP contribution is -2.31. The minimum atomic E-state index is -0.602. The van der Waals surface area contributed by atoms with Crippen molar-refractivity contribution in [2.45, 2.75) is 13.0 Å². The van der Waals surface area contributed by atoms with E-state index in [4.69, 9.17) is 9.47 Å². The average Bonchev–Trinajstić information content (AvgIpc) is 2.77. The highest BCUT2D eigenvalue weighted by atomic mass is 16.6. The normalized spacial score (nSPS) is 11.3. The van der Waals surface area contributed by atoms with Crippen LogP contribution in [0, 0.1) is 0 Å². The Morgan fingerprint density at radius 1 is 0.828 bits per heavy atom. The number of hydrogen-bond donors (Lipinski definition) is 1. The van der Waals surface area contributed by atoms with Crippen LogP contribution < -0.4 is 10.1 Å². The molecule has 1 amide bonds. The molecule has 0 saturated heterocycles. The fourth-order valence-corrected chi connectivity index (χ4v) is 2.88. The summed E-state index contributed by atoms with van der Waals surface area (Å²) in [7, 11) is 0. The largest absolute Gasteiger partial charge is 0.481 e. The van der Waals surface area contributed by atoms with E-state index < -0.39 is 5.97 Å². The van der Waals surface area contributed by atoms with E-state index in [0.29, 0.717) is 5.75 Å². The van der Waals surface area contributed by atoms with Crippen LogP contribution >= 0.6 is 0 Å². The Hall–Kier alpha value is -3.60. The van der Waals surface area contributed by atoms with Crippen molar-refractivity contribution in [2.24, 2.45) is 0 Å².